The molecule has 0 spiro atoms. The Bertz CT molecular complexity index is 333. The Balaban J connectivity index is 3.14. The lowest BCUT2D eigenvalue weighted by molar-refractivity contribution is 0.410. The van der Waals surface area contributed by atoms with E-state index in [9.17, 15) is 0 Å². The molecule has 0 amide bonds. The molecule has 0 heterocycles. The van der Waals surface area contributed by atoms with Gasteiger partial charge in [0.05, 0.1) is 7.11 Å². The molecule has 84 valence electrons. The molecule has 0 saturated heterocycles. The zero-order valence-electron chi connectivity index (χ0n) is 9.92. The van der Waals surface area contributed by atoms with Crippen molar-refractivity contribution in [1.82, 2.24) is 5.43 Å². The molecule has 3 nitrogen and oxygen atoms in total. The van der Waals surface area contributed by atoms with Crippen LogP contribution in [0.4, 0.5) is 0 Å². The van der Waals surface area contributed by atoms with Crippen LogP contribution in [0.3, 0.4) is 0 Å². The molecule has 0 bridgehead atoms. The Hall–Kier alpha value is -1.06. The topological polar surface area (TPSA) is 47.3 Å². The van der Waals surface area contributed by atoms with Crippen LogP contribution in [0.5, 0.6) is 5.75 Å². The van der Waals surface area contributed by atoms with E-state index < -0.39 is 0 Å². The van der Waals surface area contributed by atoms with E-state index in [1.54, 1.807) is 7.11 Å². The molecule has 1 atom stereocenters. The summed E-state index contributed by atoms with van der Waals surface area (Å²) in [4.78, 5) is 0. The maximum absolute atomic E-state index is 5.52. The summed E-state index contributed by atoms with van der Waals surface area (Å²) in [6.45, 7) is 6.24. The minimum absolute atomic E-state index is 0.217. The smallest absolute Gasteiger partial charge is 0.122 e. The molecule has 0 aliphatic carbocycles. The van der Waals surface area contributed by atoms with Crippen molar-refractivity contribution in [2.75, 3.05) is 7.11 Å². The minimum atomic E-state index is 0.217. The van der Waals surface area contributed by atoms with Gasteiger partial charge in [-0.2, -0.15) is 0 Å². The normalized spacial score (nSPS) is 12.6. The van der Waals surface area contributed by atoms with Gasteiger partial charge in [-0.25, -0.2) is 0 Å². The Labute approximate surface area is 91.6 Å². The van der Waals surface area contributed by atoms with E-state index in [0.29, 0.717) is 0 Å². The zero-order chi connectivity index (χ0) is 11.4. The minimum Gasteiger partial charge on any atom is -0.496 e. The number of benzene rings is 1. The molecule has 0 aromatic heterocycles. The molecule has 0 fully saturated rings. The van der Waals surface area contributed by atoms with Crippen LogP contribution in [-0.4, -0.2) is 7.11 Å². The van der Waals surface area contributed by atoms with Crippen molar-refractivity contribution in [3.8, 4) is 5.75 Å². The SMILES string of the molecule is CCC(NN)c1cc(C)c(OC)cc1C. The lowest BCUT2D eigenvalue weighted by atomic mass is 9.97. The van der Waals surface area contributed by atoms with Crippen LogP contribution < -0.4 is 16.0 Å². The number of ether oxygens (including phenoxy) is 1. The average Bonchev–Trinajstić information content (AvgIpc) is 2.24. The van der Waals surface area contributed by atoms with Crippen LogP contribution in [0.25, 0.3) is 0 Å². The molecule has 3 N–H and O–H groups in total. The van der Waals surface area contributed by atoms with Crippen molar-refractivity contribution in [2.45, 2.75) is 33.2 Å². The van der Waals surface area contributed by atoms with Gasteiger partial charge in [-0.05, 0) is 43.0 Å². The second kappa shape index (κ2) is 5.14. The van der Waals surface area contributed by atoms with E-state index in [2.05, 4.69) is 31.4 Å². The third-order valence-electron chi connectivity index (χ3n) is 2.77. The zero-order valence-corrected chi connectivity index (χ0v) is 9.92. The average molecular weight is 208 g/mol. The molecule has 1 rings (SSSR count). The van der Waals surface area contributed by atoms with E-state index in [1.807, 2.05) is 6.92 Å². The van der Waals surface area contributed by atoms with Crippen LogP contribution in [-0.2, 0) is 0 Å². The van der Waals surface area contributed by atoms with Gasteiger partial charge in [-0.3, -0.25) is 11.3 Å². The second-order valence-electron chi connectivity index (χ2n) is 3.81. The number of aryl methyl sites for hydroxylation is 2. The predicted molar refractivity (Wildman–Crippen MR) is 62.8 cm³/mol. The van der Waals surface area contributed by atoms with Crippen molar-refractivity contribution in [3.63, 3.8) is 0 Å². The largest absolute Gasteiger partial charge is 0.496 e. The molecule has 0 aliphatic rings. The third-order valence-corrected chi connectivity index (χ3v) is 2.77. The fourth-order valence-corrected chi connectivity index (χ4v) is 1.83. The molecule has 0 aliphatic heterocycles. The molecule has 3 heteroatoms. The van der Waals surface area contributed by atoms with Gasteiger partial charge < -0.3 is 4.74 Å². The number of rotatable bonds is 4. The molecule has 0 radical (unpaired) electrons. The summed E-state index contributed by atoms with van der Waals surface area (Å²) in [6, 6.07) is 4.42. The molecule has 1 aromatic rings. The van der Waals surface area contributed by atoms with Crippen LogP contribution >= 0.6 is 0 Å². The van der Waals surface area contributed by atoms with Crippen molar-refractivity contribution >= 4 is 0 Å². The molecule has 15 heavy (non-hydrogen) atoms. The standard InChI is InChI=1S/C12H20N2O/c1-5-11(14-13)10-6-9(3)12(15-4)7-8(10)2/h6-7,11,14H,5,13H2,1-4H3. The Morgan fingerprint density at radius 3 is 2.47 bits per heavy atom. The molecule has 0 saturated carbocycles. The monoisotopic (exact) mass is 208 g/mol. The highest BCUT2D eigenvalue weighted by molar-refractivity contribution is 5.42. The van der Waals surface area contributed by atoms with Crippen LogP contribution in [0, 0.1) is 13.8 Å². The maximum atomic E-state index is 5.52. The Morgan fingerprint density at radius 1 is 1.33 bits per heavy atom. The van der Waals surface area contributed by atoms with E-state index in [1.165, 1.54) is 11.1 Å². The molecule has 1 unspecified atom stereocenters. The Morgan fingerprint density at radius 2 is 2.00 bits per heavy atom. The van der Waals surface area contributed by atoms with Crippen LogP contribution in [0.2, 0.25) is 0 Å². The Kier molecular flexibility index (Phi) is 4.12. The summed E-state index contributed by atoms with van der Waals surface area (Å²) in [5.41, 5.74) is 6.44. The number of hydrogen-bond donors (Lipinski definition) is 2. The van der Waals surface area contributed by atoms with Gasteiger partial charge in [-0.1, -0.05) is 13.0 Å². The van der Waals surface area contributed by atoms with Gasteiger partial charge in [0.1, 0.15) is 5.75 Å². The third kappa shape index (κ3) is 2.49. The quantitative estimate of drug-likeness (QED) is 0.589. The summed E-state index contributed by atoms with van der Waals surface area (Å²) in [5, 5.41) is 0. The maximum Gasteiger partial charge on any atom is 0.122 e. The van der Waals surface area contributed by atoms with Gasteiger partial charge >= 0.3 is 0 Å². The predicted octanol–water partition coefficient (Wildman–Crippen LogP) is 2.23. The van der Waals surface area contributed by atoms with Gasteiger partial charge in [0.2, 0.25) is 0 Å². The summed E-state index contributed by atoms with van der Waals surface area (Å²) in [6.07, 6.45) is 0.975. The van der Waals surface area contributed by atoms with Crippen molar-refractivity contribution in [3.05, 3.63) is 28.8 Å². The molecular weight excluding hydrogens is 188 g/mol. The van der Waals surface area contributed by atoms with Gasteiger partial charge in [0.25, 0.3) is 0 Å². The first-order valence-electron chi connectivity index (χ1n) is 5.25. The summed E-state index contributed by atoms with van der Waals surface area (Å²) >= 11 is 0. The highest BCUT2D eigenvalue weighted by Gasteiger charge is 2.12. The van der Waals surface area contributed by atoms with E-state index in [4.69, 9.17) is 10.6 Å². The van der Waals surface area contributed by atoms with Crippen LogP contribution in [0.1, 0.15) is 36.1 Å². The van der Waals surface area contributed by atoms with Crippen molar-refractivity contribution in [1.29, 1.82) is 0 Å². The molecule has 1 aromatic carbocycles. The summed E-state index contributed by atoms with van der Waals surface area (Å²) in [5.74, 6) is 6.46. The van der Waals surface area contributed by atoms with E-state index in [-0.39, 0.29) is 6.04 Å². The first-order valence-corrected chi connectivity index (χ1v) is 5.25. The number of hydrazine groups is 1. The first kappa shape index (κ1) is 12.0. The van der Waals surface area contributed by atoms with Crippen molar-refractivity contribution in [2.24, 2.45) is 5.84 Å². The highest BCUT2D eigenvalue weighted by atomic mass is 16.5. The fraction of sp³-hybridized carbons (Fsp3) is 0.500. The number of methoxy groups -OCH3 is 1. The fourth-order valence-electron chi connectivity index (χ4n) is 1.83. The summed E-state index contributed by atoms with van der Waals surface area (Å²) in [7, 11) is 1.69. The highest BCUT2D eigenvalue weighted by Crippen LogP contribution is 2.27. The van der Waals surface area contributed by atoms with Gasteiger partial charge in [-0.15, -0.1) is 0 Å². The number of nitrogens with one attached hydrogen (secondary N) is 1. The van der Waals surface area contributed by atoms with Gasteiger partial charge in [0, 0.05) is 6.04 Å². The molecular formula is C12H20N2O. The summed E-state index contributed by atoms with van der Waals surface area (Å²) < 4.78 is 5.28. The second-order valence-corrected chi connectivity index (χ2v) is 3.81. The van der Waals surface area contributed by atoms with Crippen LogP contribution in [0.15, 0.2) is 12.1 Å². The van der Waals surface area contributed by atoms with Gasteiger partial charge in [0.15, 0.2) is 0 Å². The van der Waals surface area contributed by atoms with E-state index in [0.717, 1.165) is 17.7 Å². The first-order chi connectivity index (χ1) is 7.13. The lowest BCUT2D eigenvalue weighted by Crippen LogP contribution is -2.28. The van der Waals surface area contributed by atoms with E-state index >= 15 is 0 Å². The lowest BCUT2D eigenvalue weighted by Gasteiger charge is -2.18. The number of hydrogen-bond acceptors (Lipinski definition) is 3. The number of nitrogens with two attached hydrogens (primary N) is 1. The van der Waals surface area contributed by atoms with Crippen molar-refractivity contribution < 1.29 is 4.74 Å².